The van der Waals surface area contributed by atoms with Crippen LogP contribution in [0.5, 0.6) is 11.5 Å². The number of hydrogen-bond donors (Lipinski definition) is 2. The SMILES string of the molecule is OCCOc1ccn2c(-c3ccc4cccc(O[C@H]5CCNCC5F)c4n3)cnc2c1. The number of hydrogen-bond acceptors (Lipinski definition) is 6. The molecule has 0 bridgehead atoms. The van der Waals surface area contributed by atoms with Crippen molar-refractivity contribution in [1.82, 2.24) is 19.7 Å². The van der Waals surface area contributed by atoms with Crippen LogP contribution in [-0.4, -0.2) is 58.1 Å². The Labute approximate surface area is 178 Å². The highest BCUT2D eigenvalue weighted by Gasteiger charge is 2.27. The van der Waals surface area contributed by atoms with E-state index in [1.165, 1.54) is 0 Å². The van der Waals surface area contributed by atoms with Gasteiger partial charge in [-0.05, 0) is 31.2 Å². The second kappa shape index (κ2) is 8.49. The molecule has 4 aromatic rings. The van der Waals surface area contributed by atoms with Gasteiger partial charge in [0, 0.05) is 24.2 Å². The molecule has 160 valence electrons. The van der Waals surface area contributed by atoms with Crippen LogP contribution in [0.15, 0.2) is 54.9 Å². The van der Waals surface area contributed by atoms with Crippen LogP contribution in [0.2, 0.25) is 0 Å². The van der Waals surface area contributed by atoms with E-state index in [1.54, 1.807) is 6.20 Å². The van der Waals surface area contributed by atoms with Crippen LogP contribution in [0.4, 0.5) is 4.39 Å². The summed E-state index contributed by atoms with van der Waals surface area (Å²) < 4.78 is 27.7. The molecular formula is C23H23FN4O3. The molecule has 1 fully saturated rings. The van der Waals surface area contributed by atoms with Crippen LogP contribution in [0.3, 0.4) is 0 Å². The molecule has 7 nitrogen and oxygen atoms in total. The maximum absolute atomic E-state index is 14.3. The molecule has 1 aliphatic heterocycles. The Morgan fingerprint density at radius 3 is 3.03 bits per heavy atom. The lowest BCUT2D eigenvalue weighted by Gasteiger charge is -2.27. The standard InChI is InChI=1S/C23H23FN4O3/c24-17-13-25-8-6-20(17)31-21-3-1-2-15-4-5-18(27-23(15)21)19-14-26-22-12-16(30-11-10-29)7-9-28(19)22/h1-5,7,9,12,14,17,20,25,29H,6,8,10-11,13H2/t17?,20-/m0/s1. The number of piperidine rings is 1. The molecule has 3 aromatic heterocycles. The number of aromatic nitrogens is 3. The molecule has 8 heteroatoms. The van der Waals surface area contributed by atoms with Crippen LogP contribution in [0.1, 0.15) is 6.42 Å². The summed E-state index contributed by atoms with van der Waals surface area (Å²) in [5, 5.41) is 12.9. The molecule has 2 atom stereocenters. The number of nitrogens with zero attached hydrogens (tertiary/aromatic N) is 3. The molecule has 2 N–H and O–H groups in total. The molecule has 1 aliphatic rings. The average molecular weight is 422 g/mol. The first kappa shape index (κ1) is 19.7. The lowest BCUT2D eigenvalue weighted by Crippen LogP contribution is -2.44. The first-order valence-electron chi connectivity index (χ1n) is 10.4. The predicted octanol–water partition coefficient (Wildman–Crippen LogP) is 3.00. The number of nitrogens with one attached hydrogen (secondary N) is 1. The Balaban J connectivity index is 1.50. The zero-order valence-corrected chi connectivity index (χ0v) is 16.9. The Morgan fingerprint density at radius 2 is 2.16 bits per heavy atom. The molecule has 0 saturated carbocycles. The monoisotopic (exact) mass is 422 g/mol. The van der Waals surface area contributed by atoms with Crippen LogP contribution in [0.25, 0.3) is 27.9 Å². The minimum atomic E-state index is -1.05. The fourth-order valence-corrected chi connectivity index (χ4v) is 3.85. The van der Waals surface area contributed by atoms with E-state index < -0.39 is 12.3 Å². The number of rotatable bonds is 6. The zero-order chi connectivity index (χ0) is 21.2. The van der Waals surface area contributed by atoms with Gasteiger partial charge in [-0.25, -0.2) is 14.4 Å². The van der Waals surface area contributed by atoms with E-state index in [2.05, 4.69) is 10.3 Å². The molecule has 4 heterocycles. The third-order valence-corrected chi connectivity index (χ3v) is 5.42. The number of aliphatic hydroxyl groups is 1. The van der Waals surface area contributed by atoms with E-state index in [0.717, 1.165) is 23.3 Å². The van der Waals surface area contributed by atoms with Crippen LogP contribution >= 0.6 is 0 Å². The van der Waals surface area contributed by atoms with Crippen molar-refractivity contribution >= 4 is 16.6 Å². The first-order valence-corrected chi connectivity index (χ1v) is 10.4. The summed E-state index contributed by atoms with van der Waals surface area (Å²) in [5.74, 6) is 1.23. The van der Waals surface area contributed by atoms with E-state index >= 15 is 0 Å². The Hall–Kier alpha value is -3.23. The van der Waals surface area contributed by atoms with Crippen molar-refractivity contribution in [3.63, 3.8) is 0 Å². The third-order valence-electron chi connectivity index (χ3n) is 5.42. The average Bonchev–Trinajstić information content (AvgIpc) is 3.22. The van der Waals surface area contributed by atoms with Crippen LogP contribution in [0, 0.1) is 0 Å². The van der Waals surface area contributed by atoms with Crippen molar-refractivity contribution < 1.29 is 19.0 Å². The van der Waals surface area contributed by atoms with Crippen molar-refractivity contribution in [3.05, 3.63) is 54.9 Å². The first-order chi connectivity index (χ1) is 15.2. The summed E-state index contributed by atoms with van der Waals surface area (Å²) in [5.41, 5.74) is 2.98. The highest BCUT2D eigenvalue weighted by Crippen LogP contribution is 2.30. The van der Waals surface area contributed by atoms with Gasteiger partial charge in [-0.15, -0.1) is 0 Å². The van der Waals surface area contributed by atoms with Gasteiger partial charge in [0.15, 0.2) is 0 Å². The minimum Gasteiger partial charge on any atom is -0.491 e. The van der Waals surface area contributed by atoms with Crippen molar-refractivity contribution in [1.29, 1.82) is 0 Å². The largest absolute Gasteiger partial charge is 0.491 e. The number of para-hydroxylation sites is 1. The second-order valence-electron chi connectivity index (χ2n) is 7.50. The molecule has 1 aromatic carbocycles. The lowest BCUT2D eigenvalue weighted by molar-refractivity contribution is 0.0743. The van der Waals surface area contributed by atoms with E-state index in [0.29, 0.717) is 35.6 Å². The summed E-state index contributed by atoms with van der Waals surface area (Å²) in [6.45, 7) is 1.23. The Morgan fingerprint density at radius 1 is 1.23 bits per heavy atom. The summed E-state index contributed by atoms with van der Waals surface area (Å²) >= 11 is 0. The molecule has 1 unspecified atom stereocenters. The maximum Gasteiger partial charge on any atom is 0.149 e. The smallest absolute Gasteiger partial charge is 0.149 e. The van der Waals surface area contributed by atoms with Crippen molar-refractivity contribution in [2.45, 2.75) is 18.7 Å². The van der Waals surface area contributed by atoms with Gasteiger partial charge in [0.1, 0.15) is 41.5 Å². The number of halogens is 1. The van der Waals surface area contributed by atoms with Gasteiger partial charge in [-0.2, -0.15) is 0 Å². The number of benzene rings is 1. The summed E-state index contributed by atoms with van der Waals surface area (Å²) in [6, 6.07) is 13.3. The van der Waals surface area contributed by atoms with Gasteiger partial charge < -0.3 is 19.9 Å². The number of pyridine rings is 2. The number of ether oxygens (including phenoxy) is 2. The van der Waals surface area contributed by atoms with Crippen molar-refractivity contribution in [2.24, 2.45) is 0 Å². The predicted molar refractivity (Wildman–Crippen MR) is 115 cm³/mol. The van der Waals surface area contributed by atoms with E-state index in [4.69, 9.17) is 19.6 Å². The van der Waals surface area contributed by atoms with Crippen LogP contribution in [-0.2, 0) is 0 Å². The van der Waals surface area contributed by atoms with Gasteiger partial charge in [0.05, 0.1) is 24.2 Å². The van der Waals surface area contributed by atoms with E-state index in [1.807, 2.05) is 53.1 Å². The van der Waals surface area contributed by atoms with Gasteiger partial charge in [-0.1, -0.05) is 18.2 Å². The summed E-state index contributed by atoms with van der Waals surface area (Å²) in [6.07, 6.45) is 2.71. The molecule has 0 amide bonds. The maximum atomic E-state index is 14.3. The number of fused-ring (bicyclic) bond motifs is 2. The molecule has 0 radical (unpaired) electrons. The fraction of sp³-hybridized carbons (Fsp3) is 0.304. The summed E-state index contributed by atoms with van der Waals surface area (Å²) in [4.78, 5) is 9.30. The zero-order valence-electron chi connectivity index (χ0n) is 16.9. The van der Waals surface area contributed by atoms with Gasteiger partial charge in [0.25, 0.3) is 0 Å². The Bertz CT molecular complexity index is 1210. The van der Waals surface area contributed by atoms with Crippen molar-refractivity contribution in [3.8, 4) is 22.9 Å². The Kier molecular flexibility index (Phi) is 5.40. The molecule has 1 saturated heterocycles. The number of alkyl halides is 1. The second-order valence-corrected chi connectivity index (χ2v) is 7.50. The summed E-state index contributed by atoms with van der Waals surface area (Å²) in [7, 11) is 0. The van der Waals surface area contributed by atoms with Gasteiger partial charge in [0.2, 0.25) is 0 Å². The van der Waals surface area contributed by atoms with Crippen molar-refractivity contribution in [2.75, 3.05) is 26.3 Å². The molecule has 31 heavy (non-hydrogen) atoms. The van der Waals surface area contributed by atoms with E-state index in [-0.39, 0.29) is 13.2 Å². The number of aliphatic hydroxyl groups excluding tert-OH is 1. The third kappa shape index (κ3) is 3.92. The lowest BCUT2D eigenvalue weighted by atomic mass is 10.1. The minimum absolute atomic E-state index is 0.0448. The van der Waals surface area contributed by atoms with Crippen LogP contribution < -0.4 is 14.8 Å². The topological polar surface area (TPSA) is 80.9 Å². The highest BCUT2D eigenvalue weighted by atomic mass is 19.1. The van der Waals surface area contributed by atoms with Gasteiger partial charge in [-0.3, -0.25) is 4.40 Å². The molecule has 0 aliphatic carbocycles. The van der Waals surface area contributed by atoms with Gasteiger partial charge >= 0.3 is 0 Å². The fourth-order valence-electron chi connectivity index (χ4n) is 3.85. The number of imidazole rings is 1. The normalized spacial score (nSPS) is 19.0. The van der Waals surface area contributed by atoms with E-state index in [9.17, 15) is 4.39 Å². The molecule has 5 rings (SSSR count). The molecule has 0 spiro atoms. The molecular weight excluding hydrogens is 399 g/mol. The highest BCUT2D eigenvalue weighted by molar-refractivity contribution is 5.86. The quantitative estimate of drug-likeness (QED) is 0.497.